The van der Waals surface area contributed by atoms with Gasteiger partial charge in [-0.1, -0.05) is 23.7 Å². The van der Waals surface area contributed by atoms with Crippen LogP contribution in [-0.4, -0.2) is 5.11 Å². The van der Waals surface area contributed by atoms with Gasteiger partial charge in [0.25, 0.3) is 0 Å². The zero-order valence-corrected chi connectivity index (χ0v) is 8.47. The highest BCUT2D eigenvalue weighted by Gasteiger charge is 2.06. The molecule has 72 valence electrons. The Bertz CT molecular complexity index is 508. The van der Waals surface area contributed by atoms with Crippen LogP contribution in [0.2, 0.25) is 5.02 Å². The monoisotopic (exact) mass is 207 g/mol. The highest BCUT2D eigenvalue weighted by atomic mass is 35.5. The van der Waals surface area contributed by atoms with Gasteiger partial charge in [-0.2, -0.15) is 0 Å². The van der Waals surface area contributed by atoms with Crippen LogP contribution in [0.25, 0.3) is 10.8 Å². The van der Waals surface area contributed by atoms with Crippen LogP contribution in [0.1, 0.15) is 5.56 Å². The number of hydrogen-bond donors (Lipinski definition) is 2. The van der Waals surface area contributed by atoms with Gasteiger partial charge in [-0.05, 0) is 23.9 Å². The third-order valence-corrected chi connectivity index (χ3v) is 2.75. The molecule has 3 heteroatoms. The van der Waals surface area contributed by atoms with Gasteiger partial charge in [-0.25, -0.2) is 0 Å². The molecular formula is C11H10ClNO. The van der Waals surface area contributed by atoms with Crippen molar-refractivity contribution in [3.05, 3.63) is 34.9 Å². The third kappa shape index (κ3) is 1.28. The highest BCUT2D eigenvalue weighted by molar-refractivity contribution is 6.37. The summed E-state index contributed by atoms with van der Waals surface area (Å²) in [5.74, 6) is 0.162. The summed E-state index contributed by atoms with van der Waals surface area (Å²) in [6.45, 7) is 1.92. The number of nitrogen functional groups attached to an aromatic ring is 1. The summed E-state index contributed by atoms with van der Waals surface area (Å²) < 4.78 is 0. The Morgan fingerprint density at radius 2 is 2.00 bits per heavy atom. The number of anilines is 1. The summed E-state index contributed by atoms with van der Waals surface area (Å²) >= 11 is 6.12. The van der Waals surface area contributed by atoms with Crippen LogP contribution >= 0.6 is 11.6 Å². The lowest BCUT2D eigenvalue weighted by Gasteiger charge is -2.07. The largest absolute Gasteiger partial charge is 0.508 e. The lowest BCUT2D eigenvalue weighted by molar-refractivity contribution is 0.476. The van der Waals surface area contributed by atoms with Gasteiger partial charge in [0, 0.05) is 17.1 Å². The smallest absolute Gasteiger partial charge is 0.118 e. The van der Waals surface area contributed by atoms with Crippen molar-refractivity contribution in [3.8, 4) is 5.75 Å². The van der Waals surface area contributed by atoms with Crippen molar-refractivity contribution in [3.63, 3.8) is 0 Å². The zero-order chi connectivity index (χ0) is 10.3. The molecule has 0 aliphatic heterocycles. The molecule has 0 amide bonds. The normalized spacial score (nSPS) is 10.7. The Morgan fingerprint density at radius 1 is 1.29 bits per heavy atom. The first-order chi connectivity index (χ1) is 6.59. The number of phenols is 1. The van der Waals surface area contributed by atoms with Crippen LogP contribution in [-0.2, 0) is 0 Å². The summed E-state index contributed by atoms with van der Waals surface area (Å²) in [6, 6.07) is 6.96. The Morgan fingerprint density at radius 3 is 2.71 bits per heavy atom. The minimum Gasteiger partial charge on any atom is -0.508 e. The second-order valence-electron chi connectivity index (χ2n) is 3.33. The fourth-order valence-corrected chi connectivity index (χ4v) is 1.82. The first kappa shape index (κ1) is 9.16. The second-order valence-corrected chi connectivity index (χ2v) is 3.71. The number of aryl methyl sites for hydroxylation is 1. The second kappa shape index (κ2) is 3.07. The predicted octanol–water partition coefficient (Wildman–Crippen LogP) is 3.09. The van der Waals surface area contributed by atoms with Gasteiger partial charge in [-0.15, -0.1) is 0 Å². The van der Waals surface area contributed by atoms with Gasteiger partial charge >= 0.3 is 0 Å². The van der Waals surface area contributed by atoms with Crippen molar-refractivity contribution in [1.29, 1.82) is 0 Å². The van der Waals surface area contributed by atoms with Gasteiger partial charge in [-0.3, -0.25) is 0 Å². The number of rotatable bonds is 0. The van der Waals surface area contributed by atoms with Gasteiger partial charge in [0.1, 0.15) is 5.75 Å². The van der Waals surface area contributed by atoms with Crippen molar-refractivity contribution in [2.24, 2.45) is 0 Å². The third-order valence-electron chi connectivity index (χ3n) is 2.26. The van der Waals surface area contributed by atoms with E-state index in [1.54, 1.807) is 6.07 Å². The molecule has 0 fully saturated rings. The predicted molar refractivity (Wildman–Crippen MR) is 59.8 cm³/mol. The van der Waals surface area contributed by atoms with Crippen LogP contribution in [0, 0.1) is 6.92 Å². The number of nitrogens with two attached hydrogens (primary N) is 1. The van der Waals surface area contributed by atoms with Crippen molar-refractivity contribution in [1.82, 2.24) is 0 Å². The van der Waals surface area contributed by atoms with Crippen molar-refractivity contribution < 1.29 is 5.11 Å². The van der Waals surface area contributed by atoms with Crippen molar-refractivity contribution in [2.45, 2.75) is 6.92 Å². The van der Waals surface area contributed by atoms with Crippen LogP contribution in [0.15, 0.2) is 24.3 Å². The number of fused-ring (bicyclic) bond motifs is 1. The minimum absolute atomic E-state index is 0.162. The number of halogens is 1. The maximum atomic E-state index is 9.35. The summed E-state index contributed by atoms with van der Waals surface area (Å²) in [5, 5.41) is 11.7. The van der Waals surface area contributed by atoms with E-state index in [1.807, 2.05) is 19.1 Å². The SMILES string of the molecule is Cc1ccc2cc(O)cc(N)c2c1Cl. The molecular weight excluding hydrogens is 198 g/mol. The quantitative estimate of drug-likeness (QED) is 0.653. The van der Waals surface area contributed by atoms with E-state index >= 15 is 0 Å². The molecule has 0 radical (unpaired) electrons. The molecule has 2 aromatic rings. The molecule has 2 rings (SSSR count). The molecule has 0 saturated carbocycles. The Kier molecular flexibility index (Phi) is 2.01. The van der Waals surface area contributed by atoms with Crippen LogP contribution in [0.5, 0.6) is 5.75 Å². The summed E-state index contributed by atoms with van der Waals surface area (Å²) in [4.78, 5) is 0. The lowest BCUT2D eigenvalue weighted by Crippen LogP contribution is -1.89. The molecule has 0 unspecified atom stereocenters. The number of aromatic hydroxyl groups is 1. The average Bonchev–Trinajstić information content (AvgIpc) is 2.10. The lowest BCUT2D eigenvalue weighted by atomic mass is 10.1. The van der Waals surface area contributed by atoms with Crippen LogP contribution in [0.4, 0.5) is 5.69 Å². The topological polar surface area (TPSA) is 46.2 Å². The molecule has 0 aliphatic carbocycles. The van der Waals surface area contributed by atoms with E-state index in [0.717, 1.165) is 16.3 Å². The Balaban J connectivity index is 2.95. The van der Waals surface area contributed by atoms with Crippen molar-refractivity contribution in [2.75, 3.05) is 5.73 Å². The molecule has 0 spiro atoms. The summed E-state index contributed by atoms with van der Waals surface area (Å²) in [6.07, 6.45) is 0. The zero-order valence-electron chi connectivity index (χ0n) is 7.71. The van der Waals surface area contributed by atoms with Gasteiger partial charge in [0.05, 0.1) is 5.02 Å². The number of phenolic OH excluding ortho intramolecular Hbond substituents is 1. The standard InChI is InChI=1S/C11H10ClNO/c1-6-2-3-7-4-8(14)5-9(13)10(7)11(6)12/h2-5,14H,13H2,1H3. The summed E-state index contributed by atoms with van der Waals surface area (Å²) in [7, 11) is 0. The first-order valence-corrected chi connectivity index (χ1v) is 4.64. The Hall–Kier alpha value is -1.41. The van der Waals surface area contributed by atoms with E-state index in [-0.39, 0.29) is 5.75 Å². The molecule has 0 atom stereocenters. The molecule has 0 heterocycles. The summed E-state index contributed by atoms with van der Waals surface area (Å²) in [5.41, 5.74) is 7.27. The maximum absolute atomic E-state index is 9.35. The fourth-order valence-electron chi connectivity index (χ4n) is 1.54. The molecule has 0 aromatic heterocycles. The molecule has 0 saturated heterocycles. The molecule has 3 N–H and O–H groups in total. The Labute approximate surface area is 86.9 Å². The van der Waals surface area contributed by atoms with E-state index in [9.17, 15) is 5.11 Å². The highest BCUT2D eigenvalue weighted by Crippen LogP contribution is 2.34. The molecule has 2 nitrogen and oxygen atoms in total. The number of hydrogen-bond acceptors (Lipinski definition) is 2. The van der Waals surface area contributed by atoms with Crippen LogP contribution < -0.4 is 5.73 Å². The van der Waals surface area contributed by atoms with E-state index in [4.69, 9.17) is 17.3 Å². The fraction of sp³-hybridized carbons (Fsp3) is 0.0909. The molecule has 0 bridgehead atoms. The van der Waals surface area contributed by atoms with Gasteiger partial charge < -0.3 is 10.8 Å². The molecule has 0 aliphatic rings. The first-order valence-electron chi connectivity index (χ1n) is 4.27. The van der Waals surface area contributed by atoms with Gasteiger partial charge in [0.2, 0.25) is 0 Å². The van der Waals surface area contributed by atoms with E-state index in [2.05, 4.69) is 0 Å². The van der Waals surface area contributed by atoms with E-state index in [1.165, 1.54) is 6.07 Å². The molecule has 2 aromatic carbocycles. The van der Waals surface area contributed by atoms with Crippen LogP contribution in [0.3, 0.4) is 0 Å². The van der Waals surface area contributed by atoms with E-state index in [0.29, 0.717) is 10.7 Å². The van der Waals surface area contributed by atoms with Crippen molar-refractivity contribution >= 4 is 28.1 Å². The molecule has 14 heavy (non-hydrogen) atoms. The maximum Gasteiger partial charge on any atom is 0.118 e. The average molecular weight is 208 g/mol. The minimum atomic E-state index is 0.162. The number of benzene rings is 2. The van der Waals surface area contributed by atoms with Gasteiger partial charge in [0.15, 0.2) is 0 Å². The van der Waals surface area contributed by atoms with E-state index < -0.39 is 0 Å².